The highest BCUT2D eigenvalue weighted by molar-refractivity contribution is 7.99. The van der Waals surface area contributed by atoms with Crippen molar-refractivity contribution in [3.05, 3.63) is 29.8 Å². The van der Waals surface area contributed by atoms with Crippen molar-refractivity contribution in [2.75, 3.05) is 12.4 Å². The molecule has 0 aliphatic heterocycles. The zero-order valence-corrected chi connectivity index (χ0v) is 12.0. The van der Waals surface area contributed by atoms with Crippen molar-refractivity contribution in [3.8, 4) is 0 Å². The van der Waals surface area contributed by atoms with Gasteiger partial charge >= 0.3 is 5.97 Å². The predicted octanol–water partition coefficient (Wildman–Crippen LogP) is 2.73. The molecule has 1 saturated carbocycles. The van der Waals surface area contributed by atoms with Crippen molar-refractivity contribution in [3.63, 3.8) is 0 Å². The van der Waals surface area contributed by atoms with Crippen LogP contribution in [0.4, 0.5) is 8.78 Å². The van der Waals surface area contributed by atoms with Crippen LogP contribution in [-0.2, 0) is 9.53 Å². The summed E-state index contributed by atoms with van der Waals surface area (Å²) in [6, 6.07) is 3.36. The number of nitrogens with two attached hydrogens (primary N) is 1. The Balaban J connectivity index is 2.07. The maximum absolute atomic E-state index is 13.6. The fourth-order valence-electron chi connectivity index (χ4n) is 2.00. The van der Waals surface area contributed by atoms with Crippen molar-refractivity contribution >= 4 is 17.7 Å². The number of halogens is 2. The maximum atomic E-state index is 13.6. The van der Waals surface area contributed by atoms with E-state index in [1.165, 1.54) is 12.1 Å². The lowest BCUT2D eigenvalue weighted by Crippen LogP contribution is -2.53. The van der Waals surface area contributed by atoms with E-state index < -0.39 is 23.1 Å². The second-order valence-electron chi connectivity index (χ2n) is 4.90. The van der Waals surface area contributed by atoms with Gasteiger partial charge in [0.05, 0.1) is 6.61 Å². The lowest BCUT2D eigenvalue weighted by molar-refractivity contribution is -0.149. The third-order valence-electron chi connectivity index (χ3n) is 3.32. The molecule has 110 valence electrons. The SMILES string of the molecule is CCOC(=O)C(N)(CSc1ccc(F)cc1F)C1CC1. The van der Waals surface area contributed by atoms with E-state index in [9.17, 15) is 13.6 Å². The molecular weight excluding hydrogens is 284 g/mol. The Hall–Kier alpha value is -1.14. The molecule has 1 aromatic carbocycles. The van der Waals surface area contributed by atoms with Gasteiger partial charge < -0.3 is 10.5 Å². The highest BCUT2D eigenvalue weighted by Crippen LogP contribution is 2.42. The van der Waals surface area contributed by atoms with Gasteiger partial charge in [-0.15, -0.1) is 11.8 Å². The summed E-state index contributed by atoms with van der Waals surface area (Å²) in [6.07, 6.45) is 1.75. The van der Waals surface area contributed by atoms with Gasteiger partial charge in [-0.2, -0.15) is 0 Å². The number of carbonyl (C=O) groups is 1. The van der Waals surface area contributed by atoms with Crippen LogP contribution in [0.1, 0.15) is 19.8 Å². The summed E-state index contributed by atoms with van der Waals surface area (Å²) >= 11 is 1.12. The van der Waals surface area contributed by atoms with Crippen LogP contribution in [0.25, 0.3) is 0 Å². The van der Waals surface area contributed by atoms with Gasteiger partial charge in [0, 0.05) is 16.7 Å². The second kappa shape index (κ2) is 6.10. The minimum absolute atomic E-state index is 0.0811. The summed E-state index contributed by atoms with van der Waals surface area (Å²) in [7, 11) is 0. The molecule has 1 aliphatic carbocycles. The van der Waals surface area contributed by atoms with Gasteiger partial charge in [0.2, 0.25) is 0 Å². The average molecular weight is 301 g/mol. The maximum Gasteiger partial charge on any atom is 0.327 e. The van der Waals surface area contributed by atoms with Crippen molar-refractivity contribution in [1.82, 2.24) is 0 Å². The number of hydrogen-bond donors (Lipinski definition) is 1. The molecule has 0 bridgehead atoms. The van der Waals surface area contributed by atoms with E-state index in [-0.39, 0.29) is 23.2 Å². The van der Waals surface area contributed by atoms with Gasteiger partial charge in [-0.05, 0) is 37.8 Å². The summed E-state index contributed by atoms with van der Waals surface area (Å²) in [5.41, 5.74) is 5.07. The van der Waals surface area contributed by atoms with E-state index in [4.69, 9.17) is 10.5 Å². The van der Waals surface area contributed by atoms with E-state index in [2.05, 4.69) is 0 Å². The molecule has 0 amide bonds. The normalized spacial score (nSPS) is 17.6. The topological polar surface area (TPSA) is 52.3 Å². The van der Waals surface area contributed by atoms with Crippen LogP contribution in [0.5, 0.6) is 0 Å². The van der Waals surface area contributed by atoms with Gasteiger partial charge in [-0.3, -0.25) is 4.79 Å². The molecule has 1 fully saturated rings. The average Bonchev–Trinajstić information content (AvgIpc) is 3.22. The number of esters is 1. The highest BCUT2D eigenvalue weighted by atomic mass is 32.2. The second-order valence-corrected chi connectivity index (χ2v) is 5.92. The third-order valence-corrected chi connectivity index (χ3v) is 4.59. The standard InChI is InChI=1S/C14H17F2NO2S/c1-2-19-13(18)14(17,9-3-4-9)8-20-12-6-5-10(15)7-11(12)16/h5-7,9H,2-4,8,17H2,1H3. The van der Waals surface area contributed by atoms with Crippen LogP contribution in [0.15, 0.2) is 23.1 Å². The molecule has 1 atom stereocenters. The molecule has 0 saturated heterocycles. The molecule has 6 heteroatoms. The van der Waals surface area contributed by atoms with E-state index >= 15 is 0 Å². The van der Waals surface area contributed by atoms with E-state index in [0.29, 0.717) is 0 Å². The fourth-order valence-corrected chi connectivity index (χ4v) is 3.11. The van der Waals surface area contributed by atoms with Crippen LogP contribution in [-0.4, -0.2) is 23.9 Å². The van der Waals surface area contributed by atoms with Crippen molar-refractivity contribution < 1.29 is 18.3 Å². The molecule has 1 unspecified atom stereocenters. The largest absolute Gasteiger partial charge is 0.465 e. The summed E-state index contributed by atoms with van der Waals surface area (Å²) in [4.78, 5) is 12.3. The van der Waals surface area contributed by atoms with Crippen LogP contribution >= 0.6 is 11.8 Å². The first-order valence-corrected chi connectivity index (χ1v) is 7.50. The number of rotatable bonds is 6. The smallest absolute Gasteiger partial charge is 0.327 e. The Morgan fingerprint density at radius 1 is 1.50 bits per heavy atom. The van der Waals surface area contributed by atoms with Gasteiger partial charge in [0.25, 0.3) is 0 Å². The first kappa shape index (κ1) is 15.3. The molecule has 0 radical (unpaired) electrons. The Bertz CT molecular complexity index is 508. The number of carbonyl (C=O) groups excluding carboxylic acids is 1. The Labute approximate surface area is 120 Å². The molecule has 2 rings (SSSR count). The molecular formula is C14H17F2NO2S. The highest BCUT2D eigenvalue weighted by Gasteiger charge is 2.49. The van der Waals surface area contributed by atoms with Crippen LogP contribution in [0.2, 0.25) is 0 Å². The monoisotopic (exact) mass is 301 g/mol. The van der Waals surface area contributed by atoms with Crippen molar-refractivity contribution in [2.45, 2.75) is 30.2 Å². The molecule has 0 aromatic heterocycles. The number of thioether (sulfide) groups is 1. The summed E-state index contributed by atoms with van der Waals surface area (Å²) in [5.74, 6) is -1.41. The lowest BCUT2D eigenvalue weighted by atomic mass is 9.97. The minimum atomic E-state index is -1.10. The summed E-state index contributed by atoms with van der Waals surface area (Å²) < 4.78 is 31.4. The number of hydrogen-bond acceptors (Lipinski definition) is 4. The molecule has 0 spiro atoms. The van der Waals surface area contributed by atoms with E-state index in [1.807, 2.05) is 0 Å². The fraction of sp³-hybridized carbons (Fsp3) is 0.500. The quantitative estimate of drug-likeness (QED) is 0.648. The number of ether oxygens (including phenoxy) is 1. The Kier molecular flexibility index (Phi) is 4.65. The van der Waals surface area contributed by atoms with Gasteiger partial charge in [-0.1, -0.05) is 0 Å². The zero-order chi connectivity index (χ0) is 14.8. The van der Waals surface area contributed by atoms with Crippen LogP contribution in [0.3, 0.4) is 0 Å². The van der Waals surface area contributed by atoms with Crippen molar-refractivity contribution in [2.24, 2.45) is 11.7 Å². The third kappa shape index (κ3) is 3.30. The van der Waals surface area contributed by atoms with Gasteiger partial charge in [0.15, 0.2) is 0 Å². The Morgan fingerprint density at radius 2 is 2.20 bits per heavy atom. The van der Waals surface area contributed by atoms with Gasteiger partial charge in [-0.25, -0.2) is 8.78 Å². The summed E-state index contributed by atoms with van der Waals surface area (Å²) in [6.45, 7) is 1.98. The first-order valence-electron chi connectivity index (χ1n) is 6.51. The van der Waals surface area contributed by atoms with E-state index in [1.54, 1.807) is 6.92 Å². The van der Waals surface area contributed by atoms with Gasteiger partial charge in [0.1, 0.15) is 17.2 Å². The van der Waals surface area contributed by atoms with Crippen molar-refractivity contribution in [1.29, 1.82) is 0 Å². The van der Waals surface area contributed by atoms with E-state index in [0.717, 1.165) is 30.7 Å². The molecule has 0 heterocycles. The van der Waals surface area contributed by atoms with Crippen LogP contribution < -0.4 is 5.73 Å². The first-order chi connectivity index (χ1) is 9.47. The molecule has 1 aliphatic rings. The summed E-state index contributed by atoms with van der Waals surface area (Å²) in [5, 5.41) is 0. The number of benzene rings is 1. The zero-order valence-electron chi connectivity index (χ0n) is 11.2. The Morgan fingerprint density at radius 3 is 2.75 bits per heavy atom. The minimum Gasteiger partial charge on any atom is -0.465 e. The molecule has 3 nitrogen and oxygen atoms in total. The predicted molar refractivity (Wildman–Crippen MR) is 73.4 cm³/mol. The van der Waals surface area contributed by atoms with Crippen LogP contribution in [0, 0.1) is 17.6 Å². The molecule has 20 heavy (non-hydrogen) atoms. The lowest BCUT2D eigenvalue weighted by Gasteiger charge is -2.26. The molecule has 1 aromatic rings. The molecule has 2 N–H and O–H groups in total.